The van der Waals surface area contributed by atoms with Crippen LogP contribution in [-0.2, 0) is 65.4 Å². The number of unbranched alkanes of at least 4 members (excludes halogenated alkanes) is 39. The van der Waals surface area contributed by atoms with E-state index >= 15 is 0 Å². The Morgan fingerprint density at radius 1 is 0.314 bits per heavy atom. The van der Waals surface area contributed by atoms with E-state index in [0.29, 0.717) is 25.7 Å². The van der Waals surface area contributed by atoms with Gasteiger partial charge in [-0.05, 0) is 31.6 Å². The molecule has 0 aliphatic rings. The number of hydrogen-bond acceptors (Lipinski definition) is 15. The smallest absolute Gasteiger partial charge is 0.462 e. The molecule has 0 spiro atoms. The molecule has 0 aliphatic carbocycles. The highest BCUT2D eigenvalue weighted by molar-refractivity contribution is 7.47. The van der Waals surface area contributed by atoms with Crippen molar-refractivity contribution in [3.8, 4) is 0 Å². The van der Waals surface area contributed by atoms with Crippen LogP contribution in [0.2, 0.25) is 0 Å². The Morgan fingerprint density at radius 3 is 0.791 bits per heavy atom. The zero-order valence-electron chi connectivity index (χ0n) is 55.4. The molecule has 510 valence electrons. The molecular formula is C67H130O17P2. The first-order valence-corrected chi connectivity index (χ1v) is 38.1. The van der Waals surface area contributed by atoms with Gasteiger partial charge in [0.05, 0.1) is 26.4 Å². The zero-order chi connectivity index (χ0) is 63.5. The fraction of sp³-hybridized carbons (Fsp3) is 0.940. The summed E-state index contributed by atoms with van der Waals surface area (Å²) in [6, 6.07) is 0. The Labute approximate surface area is 524 Å². The Kier molecular flexibility index (Phi) is 59.2. The molecular weight excluding hydrogens is 1140 g/mol. The van der Waals surface area contributed by atoms with E-state index in [1.54, 1.807) is 0 Å². The highest BCUT2D eigenvalue weighted by Crippen LogP contribution is 2.45. The van der Waals surface area contributed by atoms with Crippen molar-refractivity contribution in [1.82, 2.24) is 0 Å². The zero-order valence-corrected chi connectivity index (χ0v) is 57.2. The monoisotopic (exact) mass is 1270 g/mol. The van der Waals surface area contributed by atoms with Crippen LogP contribution in [0.1, 0.15) is 343 Å². The number of aliphatic hydroxyl groups is 1. The first-order valence-electron chi connectivity index (χ1n) is 35.1. The molecule has 86 heavy (non-hydrogen) atoms. The van der Waals surface area contributed by atoms with Crippen molar-refractivity contribution >= 4 is 39.5 Å². The highest BCUT2D eigenvalue weighted by Gasteiger charge is 2.30. The number of carbonyl (C=O) groups is 4. The molecule has 5 atom stereocenters. The van der Waals surface area contributed by atoms with E-state index in [-0.39, 0.29) is 25.7 Å². The predicted molar refractivity (Wildman–Crippen MR) is 345 cm³/mol. The number of carbonyl (C=O) groups excluding carboxylic acids is 4. The van der Waals surface area contributed by atoms with Crippen molar-refractivity contribution in [2.75, 3.05) is 39.6 Å². The minimum absolute atomic E-state index is 0.104. The van der Waals surface area contributed by atoms with Crippen molar-refractivity contribution in [2.45, 2.75) is 361 Å². The van der Waals surface area contributed by atoms with Crippen LogP contribution in [0.3, 0.4) is 0 Å². The fourth-order valence-corrected chi connectivity index (χ4v) is 11.7. The maximum atomic E-state index is 13.0. The van der Waals surface area contributed by atoms with E-state index in [1.807, 2.05) is 0 Å². The second-order valence-corrected chi connectivity index (χ2v) is 27.6. The number of aliphatic hydroxyl groups excluding tert-OH is 1. The van der Waals surface area contributed by atoms with E-state index in [2.05, 4.69) is 34.6 Å². The second kappa shape index (κ2) is 60.6. The van der Waals surface area contributed by atoms with Gasteiger partial charge in [0.25, 0.3) is 0 Å². The summed E-state index contributed by atoms with van der Waals surface area (Å²) in [6.07, 6.45) is 46.6. The van der Waals surface area contributed by atoms with Gasteiger partial charge in [-0.2, -0.15) is 0 Å². The maximum absolute atomic E-state index is 13.0. The van der Waals surface area contributed by atoms with E-state index in [4.69, 9.17) is 37.0 Å². The van der Waals surface area contributed by atoms with Crippen LogP contribution in [0.25, 0.3) is 0 Å². The maximum Gasteiger partial charge on any atom is 0.472 e. The number of phosphoric acid groups is 2. The summed E-state index contributed by atoms with van der Waals surface area (Å²) < 4.78 is 67.8. The van der Waals surface area contributed by atoms with Crippen LogP contribution in [0, 0.1) is 5.92 Å². The van der Waals surface area contributed by atoms with Gasteiger partial charge in [0.15, 0.2) is 12.2 Å². The van der Waals surface area contributed by atoms with Crippen LogP contribution in [0.4, 0.5) is 0 Å². The van der Waals surface area contributed by atoms with Gasteiger partial charge in [-0.25, -0.2) is 9.13 Å². The molecule has 17 nitrogen and oxygen atoms in total. The van der Waals surface area contributed by atoms with E-state index in [1.165, 1.54) is 154 Å². The molecule has 0 amide bonds. The van der Waals surface area contributed by atoms with Gasteiger partial charge in [0, 0.05) is 25.7 Å². The van der Waals surface area contributed by atoms with Crippen molar-refractivity contribution < 1.29 is 80.2 Å². The van der Waals surface area contributed by atoms with Crippen LogP contribution < -0.4 is 0 Å². The molecule has 0 aromatic rings. The fourth-order valence-electron chi connectivity index (χ4n) is 10.1. The number of ether oxygens (including phenoxy) is 4. The van der Waals surface area contributed by atoms with Gasteiger partial charge in [-0.3, -0.25) is 37.3 Å². The number of rotatable bonds is 67. The van der Waals surface area contributed by atoms with Crippen LogP contribution in [0.5, 0.6) is 0 Å². The SMILES string of the molecule is CCCCCCCCCCCCCCCCCCCCCCCCC(=O)O[C@H](COC(=O)CCCCCCCCCCC(C)C)COP(=O)(O)OC[C@@H](O)COP(=O)(O)OC[C@@H](COC(=O)CCCCCCC)OC(=O)CCCCCCCCCC. The van der Waals surface area contributed by atoms with E-state index in [9.17, 15) is 43.2 Å². The lowest BCUT2D eigenvalue weighted by atomic mass is 10.0. The third kappa shape index (κ3) is 60.9. The molecule has 0 aromatic heterocycles. The van der Waals surface area contributed by atoms with Gasteiger partial charge < -0.3 is 33.8 Å². The quantitative estimate of drug-likeness (QED) is 0.0222. The molecule has 3 N–H and O–H groups in total. The van der Waals surface area contributed by atoms with Gasteiger partial charge in [0.1, 0.15) is 19.3 Å². The summed E-state index contributed by atoms with van der Waals surface area (Å²) in [5.41, 5.74) is 0. The van der Waals surface area contributed by atoms with Crippen molar-refractivity contribution in [3.63, 3.8) is 0 Å². The number of hydrogen-bond donors (Lipinski definition) is 3. The largest absolute Gasteiger partial charge is 0.472 e. The molecule has 0 saturated heterocycles. The van der Waals surface area contributed by atoms with Gasteiger partial charge >= 0.3 is 39.5 Å². The number of phosphoric ester groups is 2. The normalized spacial score (nSPS) is 14.2. The lowest BCUT2D eigenvalue weighted by Crippen LogP contribution is -2.30. The summed E-state index contributed by atoms with van der Waals surface area (Å²) in [5.74, 6) is -1.42. The summed E-state index contributed by atoms with van der Waals surface area (Å²) in [5, 5.41) is 10.5. The van der Waals surface area contributed by atoms with Crippen molar-refractivity contribution in [2.24, 2.45) is 5.92 Å². The summed E-state index contributed by atoms with van der Waals surface area (Å²) >= 11 is 0. The molecule has 0 aliphatic heterocycles. The Bertz CT molecular complexity index is 1670. The first-order chi connectivity index (χ1) is 41.5. The molecule has 0 fully saturated rings. The Hall–Kier alpha value is -1.94. The molecule has 0 heterocycles. The van der Waals surface area contributed by atoms with E-state index in [0.717, 1.165) is 109 Å². The second-order valence-electron chi connectivity index (χ2n) is 24.7. The Balaban J connectivity index is 5.05. The first kappa shape index (κ1) is 84.1. The molecule has 0 saturated carbocycles. The molecule has 19 heteroatoms. The van der Waals surface area contributed by atoms with Gasteiger partial charge in [0.2, 0.25) is 0 Å². The Morgan fingerprint density at radius 2 is 0.535 bits per heavy atom. The minimum atomic E-state index is -4.94. The lowest BCUT2D eigenvalue weighted by Gasteiger charge is -2.21. The van der Waals surface area contributed by atoms with E-state index < -0.39 is 97.5 Å². The lowest BCUT2D eigenvalue weighted by molar-refractivity contribution is -0.161. The van der Waals surface area contributed by atoms with Gasteiger partial charge in [-0.15, -0.1) is 0 Å². The molecule has 0 rings (SSSR count). The third-order valence-electron chi connectivity index (χ3n) is 15.5. The molecule has 0 bridgehead atoms. The highest BCUT2D eigenvalue weighted by atomic mass is 31.2. The van der Waals surface area contributed by atoms with Gasteiger partial charge in [-0.1, -0.05) is 291 Å². The molecule has 2 unspecified atom stereocenters. The molecule has 0 aromatic carbocycles. The predicted octanol–water partition coefficient (Wildman–Crippen LogP) is 19.0. The topological polar surface area (TPSA) is 237 Å². The summed E-state index contributed by atoms with van der Waals surface area (Å²) in [7, 11) is -9.88. The standard InChI is InChI=1S/C67H130O17P2/c1-6-9-12-15-17-19-20-21-22-23-24-25-26-27-28-29-30-31-32-38-43-48-53-67(72)84-63(57-78-65(70)51-46-41-37-34-33-35-40-44-49-60(4)5)59-82-86(75,76)80-55-61(68)54-79-85(73,74)81-58-62(56-77-64(69)50-45-39-14-11-8-3)83-66(71)52-47-42-36-18-16-13-10-7-2/h60-63,68H,6-59H2,1-5H3,(H,73,74)(H,75,76)/t61-,62+,63+/m0/s1. The van der Waals surface area contributed by atoms with Crippen molar-refractivity contribution in [1.29, 1.82) is 0 Å². The van der Waals surface area contributed by atoms with Crippen LogP contribution in [0.15, 0.2) is 0 Å². The summed E-state index contributed by atoms with van der Waals surface area (Å²) in [6.45, 7) is 7.06. The van der Waals surface area contributed by atoms with Crippen molar-refractivity contribution in [3.05, 3.63) is 0 Å². The summed E-state index contributed by atoms with van der Waals surface area (Å²) in [4.78, 5) is 71.9. The average molecular weight is 1270 g/mol. The number of esters is 4. The molecule has 0 radical (unpaired) electrons. The van der Waals surface area contributed by atoms with Crippen LogP contribution in [-0.4, -0.2) is 96.7 Å². The minimum Gasteiger partial charge on any atom is -0.462 e. The average Bonchev–Trinajstić information content (AvgIpc) is 3.54. The third-order valence-corrected chi connectivity index (χ3v) is 17.4. The van der Waals surface area contributed by atoms with Crippen LogP contribution >= 0.6 is 15.6 Å².